The molecule has 2 rings (SSSR count). The maximum absolute atomic E-state index is 4.50. The van der Waals surface area contributed by atoms with Crippen LogP contribution < -0.4 is 5.32 Å². The minimum absolute atomic E-state index is 0.507. The van der Waals surface area contributed by atoms with E-state index in [2.05, 4.69) is 48.3 Å². The van der Waals surface area contributed by atoms with Gasteiger partial charge in [0.1, 0.15) is 0 Å². The molecule has 108 valence electrons. The van der Waals surface area contributed by atoms with Gasteiger partial charge in [-0.05, 0) is 37.6 Å². The summed E-state index contributed by atoms with van der Waals surface area (Å²) in [6.07, 6.45) is 11.0. The van der Waals surface area contributed by atoms with E-state index in [4.69, 9.17) is 0 Å². The van der Waals surface area contributed by atoms with Crippen molar-refractivity contribution in [2.24, 2.45) is 11.8 Å². The normalized spacial score (nSPS) is 24.8. The lowest BCUT2D eigenvalue weighted by Crippen LogP contribution is -2.26. The van der Waals surface area contributed by atoms with Gasteiger partial charge in [0.05, 0.1) is 6.20 Å². The molecule has 0 aliphatic heterocycles. The largest absolute Gasteiger partial charge is 0.310 e. The second-order valence-electron chi connectivity index (χ2n) is 5.92. The Labute approximate surface area is 117 Å². The lowest BCUT2D eigenvalue weighted by molar-refractivity contribution is 0.359. The van der Waals surface area contributed by atoms with Crippen molar-refractivity contribution in [2.75, 3.05) is 6.54 Å². The van der Waals surface area contributed by atoms with Gasteiger partial charge >= 0.3 is 0 Å². The van der Waals surface area contributed by atoms with Gasteiger partial charge in [0.2, 0.25) is 0 Å². The van der Waals surface area contributed by atoms with Crippen molar-refractivity contribution in [3.05, 3.63) is 18.0 Å². The van der Waals surface area contributed by atoms with Crippen LogP contribution in [0.2, 0.25) is 0 Å². The first-order chi connectivity index (χ1) is 9.28. The van der Waals surface area contributed by atoms with Crippen molar-refractivity contribution in [1.82, 2.24) is 15.1 Å². The molecule has 19 heavy (non-hydrogen) atoms. The van der Waals surface area contributed by atoms with E-state index in [0.717, 1.165) is 31.3 Å². The Balaban J connectivity index is 2.06. The van der Waals surface area contributed by atoms with Gasteiger partial charge in [-0.2, -0.15) is 5.10 Å². The van der Waals surface area contributed by atoms with E-state index in [-0.39, 0.29) is 0 Å². The van der Waals surface area contributed by atoms with Gasteiger partial charge in [-0.25, -0.2) is 0 Å². The first kappa shape index (κ1) is 14.6. The minimum Gasteiger partial charge on any atom is -0.310 e. The van der Waals surface area contributed by atoms with E-state index in [0.29, 0.717) is 6.04 Å². The fourth-order valence-corrected chi connectivity index (χ4v) is 3.46. The highest BCUT2D eigenvalue weighted by Gasteiger charge is 2.31. The third-order valence-electron chi connectivity index (χ3n) is 4.52. The summed E-state index contributed by atoms with van der Waals surface area (Å²) in [4.78, 5) is 0. The summed E-state index contributed by atoms with van der Waals surface area (Å²) in [5.74, 6) is 1.74. The van der Waals surface area contributed by atoms with Crippen LogP contribution in [0.25, 0.3) is 0 Å². The summed E-state index contributed by atoms with van der Waals surface area (Å²) in [7, 11) is 0. The van der Waals surface area contributed by atoms with E-state index in [1.807, 2.05) is 0 Å². The molecule has 1 saturated carbocycles. The molecule has 0 radical (unpaired) electrons. The number of rotatable bonds is 7. The Morgan fingerprint density at radius 3 is 2.84 bits per heavy atom. The molecule has 1 aromatic heterocycles. The summed E-state index contributed by atoms with van der Waals surface area (Å²) >= 11 is 0. The highest BCUT2D eigenvalue weighted by molar-refractivity contribution is 5.12. The number of aryl methyl sites for hydroxylation is 1. The molecule has 1 heterocycles. The summed E-state index contributed by atoms with van der Waals surface area (Å²) < 4.78 is 2.09. The van der Waals surface area contributed by atoms with E-state index in [1.54, 1.807) is 0 Å². The molecule has 0 aromatic carbocycles. The molecule has 1 aliphatic rings. The number of hydrogen-bond donors (Lipinski definition) is 1. The molecule has 0 amide bonds. The van der Waals surface area contributed by atoms with Gasteiger partial charge in [0, 0.05) is 24.3 Å². The molecule has 1 N–H and O–H groups in total. The molecule has 1 aromatic rings. The van der Waals surface area contributed by atoms with Gasteiger partial charge in [-0.1, -0.05) is 33.6 Å². The van der Waals surface area contributed by atoms with E-state index in [1.165, 1.54) is 31.2 Å². The molecule has 3 heteroatoms. The molecule has 3 unspecified atom stereocenters. The molecule has 3 nitrogen and oxygen atoms in total. The highest BCUT2D eigenvalue weighted by Crippen LogP contribution is 2.40. The van der Waals surface area contributed by atoms with Crippen LogP contribution in [0.5, 0.6) is 0 Å². The van der Waals surface area contributed by atoms with Crippen LogP contribution in [0, 0.1) is 11.8 Å². The van der Waals surface area contributed by atoms with Crippen LogP contribution in [0.4, 0.5) is 0 Å². The van der Waals surface area contributed by atoms with Crippen LogP contribution in [0.1, 0.15) is 64.5 Å². The van der Waals surface area contributed by atoms with E-state index >= 15 is 0 Å². The minimum atomic E-state index is 0.507. The molecule has 1 aliphatic carbocycles. The van der Waals surface area contributed by atoms with Crippen molar-refractivity contribution in [1.29, 1.82) is 0 Å². The molecular weight excluding hydrogens is 234 g/mol. The zero-order valence-electron chi connectivity index (χ0n) is 12.7. The van der Waals surface area contributed by atoms with Crippen LogP contribution in [-0.2, 0) is 6.54 Å². The third-order valence-corrected chi connectivity index (χ3v) is 4.52. The summed E-state index contributed by atoms with van der Waals surface area (Å²) in [6.45, 7) is 8.80. The number of nitrogens with one attached hydrogen (secondary N) is 1. The topological polar surface area (TPSA) is 29.9 Å². The third kappa shape index (κ3) is 3.59. The average molecular weight is 263 g/mol. The fraction of sp³-hybridized carbons (Fsp3) is 0.812. The van der Waals surface area contributed by atoms with Crippen molar-refractivity contribution in [2.45, 2.75) is 65.5 Å². The second-order valence-corrected chi connectivity index (χ2v) is 5.92. The van der Waals surface area contributed by atoms with Crippen LogP contribution >= 0.6 is 0 Å². The molecule has 1 fully saturated rings. The quantitative estimate of drug-likeness (QED) is 0.811. The Morgan fingerprint density at radius 2 is 2.21 bits per heavy atom. The Morgan fingerprint density at radius 1 is 1.37 bits per heavy atom. The lowest BCUT2D eigenvalue weighted by atomic mass is 9.92. The molecule has 3 atom stereocenters. The van der Waals surface area contributed by atoms with E-state index in [9.17, 15) is 0 Å². The monoisotopic (exact) mass is 263 g/mol. The van der Waals surface area contributed by atoms with Crippen molar-refractivity contribution >= 4 is 0 Å². The van der Waals surface area contributed by atoms with Crippen molar-refractivity contribution < 1.29 is 0 Å². The summed E-state index contributed by atoms with van der Waals surface area (Å²) in [6, 6.07) is 0.507. The van der Waals surface area contributed by atoms with Gasteiger partial charge in [0.25, 0.3) is 0 Å². The lowest BCUT2D eigenvalue weighted by Gasteiger charge is -2.23. The summed E-state index contributed by atoms with van der Waals surface area (Å²) in [5, 5.41) is 8.18. The maximum Gasteiger partial charge on any atom is 0.0537 e. The summed E-state index contributed by atoms with van der Waals surface area (Å²) in [5.41, 5.74) is 1.39. The Bertz CT molecular complexity index is 372. The highest BCUT2D eigenvalue weighted by atomic mass is 15.3. The van der Waals surface area contributed by atoms with Gasteiger partial charge in [-0.15, -0.1) is 0 Å². The van der Waals surface area contributed by atoms with Crippen LogP contribution in [0.15, 0.2) is 12.4 Å². The number of hydrogen-bond acceptors (Lipinski definition) is 2. The van der Waals surface area contributed by atoms with Crippen molar-refractivity contribution in [3.63, 3.8) is 0 Å². The first-order valence-electron chi connectivity index (χ1n) is 8.04. The zero-order chi connectivity index (χ0) is 13.7. The predicted octanol–water partition coefficient (Wildman–Crippen LogP) is 3.77. The zero-order valence-corrected chi connectivity index (χ0v) is 12.7. The number of nitrogens with zero attached hydrogens (tertiary/aromatic N) is 2. The Kier molecular flexibility index (Phi) is 5.44. The predicted molar refractivity (Wildman–Crippen MR) is 80.1 cm³/mol. The molecular formula is C16H29N3. The maximum atomic E-state index is 4.50. The van der Waals surface area contributed by atoms with Crippen LogP contribution in [-0.4, -0.2) is 16.3 Å². The SMILES string of the molecule is CCCn1cc(C(NCC)C2CCC(CC)C2)cn1. The smallest absolute Gasteiger partial charge is 0.0537 e. The van der Waals surface area contributed by atoms with E-state index < -0.39 is 0 Å². The second kappa shape index (κ2) is 7.09. The molecule has 0 saturated heterocycles. The average Bonchev–Trinajstić information content (AvgIpc) is 3.05. The van der Waals surface area contributed by atoms with Crippen molar-refractivity contribution in [3.8, 4) is 0 Å². The van der Waals surface area contributed by atoms with Gasteiger partial charge < -0.3 is 5.32 Å². The number of aromatic nitrogens is 2. The standard InChI is InChI=1S/C16H29N3/c1-4-9-19-12-15(11-18-19)16(17-6-3)14-8-7-13(5-2)10-14/h11-14,16-17H,4-10H2,1-3H3. The van der Waals surface area contributed by atoms with Gasteiger partial charge in [-0.3, -0.25) is 4.68 Å². The molecule has 0 spiro atoms. The van der Waals surface area contributed by atoms with Crippen LogP contribution in [0.3, 0.4) is 0 Å². The van der Waals surface area contributed by atoms with Gasteiger partial charge in [0.15, 0.2) is 0 Å². The first-order valence-corrected chi connectivity index (χ1v) is 8.04. The Hall–Kier alpha value is -0.830. The fourth-order valence-electron chi connectivity index (χ4n) is 3.46. The molecule has 0 bridgehead atoms.